The number of halogens is 5. The first-order chi connectivity index (χ1) is 10.3. The summed E-state index contributed by atoms with van der Waals surface area (Å²) in [7, 11) is 0. The molecule has 0 amide bonds. The summed E-state index contributed by atoms with van der Waals surface area (Å²) in [6.45, 7) is 5.19. The number of carbonyl (C=O) groups excluding carboxylic acids is 2. The standard InChI is InChI=1S/C14H18F5NO3/c1-12(2,3)23-11(22)9-5-4-7-20(9)8-6-10(21)13(15,16)14(17,18)19/h6,8-9H,4-5,7H2,1-3H3/b8-6+. The number of nitrogens with zero attached hydrogens (tertiary/aromatic N) is 1. The molecule has 1 saturated heterocycles. The highest BCUT2D eigenvalue weighted by molar-refractivity contribution is 5.96. The van der Waals surface area contributed by atoms with Crippen LogP contribution in [0.2, 0.25) is 0 Å². The van der Waals surface area contributed by atoms with Gasteiger partial charge in [0.15, 0.2) is 0 Å². The minimum Gasteiger partial charge on any atom is -0.458 e. The Morgan fingerprint density at radius 3 is 2.17 bits per heavy atom. The third-order valence-electron chi connectivity index (χ3n) is 3.06. The topological polar surface area (TPSA) is 46.6 Å². The van der Waals surface area contributed by atoms with Crippen LogP contribution in [0, 0.1) is 0 Å². The fraction of sp³-hybridized carbons (Fsp3) is 0.714. The molecule has 23 heavy (non-hydrogen) atoms. The highest BCUT2D eigenvalue weighted by Crippen LogP contribution is 2.36. The van der Waals surface area contributed by atoms with Crippen molar-refractivity contribution < 1.29 is 36.3 Å². The van der Waals surface area contributed by atoms with Crippen molar-refractivity contribution in [2.75, 3.05) is 6.54 Å². The lowest BCUT2D eigenvalue weighted by molar-refractivity contribution is -0.266. The van der Waals surface area contributed by atoms with Gasteiger partial charge in [0.2, 0.25) is 5.78 Å². The molecule has 4 nitrogen and oxygen atoms in total. The highest BCUT2D eigenvalue weighted by atomic mass is 19.4. The molecule has 1 unspecified atom stereocenters. The van der Waals surface area contributed by atoms with Gasteiger partial charge in [0.1, 0.15) is 11.6 Å². The van der Waals surface area contributed by atoms with Crippen LogP contribution >= 0.6 is 0 Å². The third kappa shape index (κ3) is 4.90. The molecule has 1 rings (SSSR count). The van der Waals surface area contributed by atoms with Gasteiger partial charge in [-0.25, -0.2) is 4.79 Å². The van der Waals surface area contributed by atoms with Crippen LogP contribution in [0.3, 0.4) is 0 Å². The largest absolute Gasteiger partial charge is 0.461 e. The lowest BCUT2D eigenvalue weighted by atomic mass is 10.1. The van der Waals surface area contributed by atoms with E-state index in [0.29, 0.717) is 12.8 Å². The van der Waals surface area contributed by atoms with E-state index in [1.54, 1.807) is 20.8 Å². The van der Waals surface area contributed by atoms with E-state index in [1.165, 1.54) is 4.90 Å². The van der Waals surface area contributed by atoms with Gasteiger partial charge in [0.05, 0.1) is 0 Å². The molecule has 0 bridgehead atoms. The zero-order valence-electron chi connectivity index (χ0n) is 12.9. The summed E-state index contributed by atoms with van der Waals surface area (Å²) in [5, 5.41) is 0. The third-order valence-corrected chi connectivity index (χ3v) is 3.06. The summed E-state index contributed by atoms with van der Waals surface area (Å²) in [5.74, 6) is -8.44. The molecule has 0 aromatic carbocycles. The molecule has 1 fully saturated rings. The first-order valence-corrected chi connectivity index (χ1v) is 6.91. The molecule has 0 saturated carbocycles. The number of esters is 1. The minimum absolute atomic E-state index is 0.149. The van der Waals surface area contributed by atoms with E-state index >= 15 is 0 Å². The van der Waals surface area contributed by atoms with Gasteiger partial charge in [-0.1, -0.05) is 0 Å². The normalized spacial score (nSPS) is 20.2. The van der Waals surface area contributed by atoms with Crippen molar-refractivity contribution >= 4 is 11.8 Å². The average molecular weight is 343 g/mol. The van der Waals surface area contributed by atoms with Gasteiger partial charge < -0.3 is 9.64 Å². The first-order valence-electron chi connectivity index (χ1n) is 6.91. The SMILES string of the molecule is CC(C)(C)OC(=O)C1CCCN1/C=C/C(=O)C(F)(F)C(F)(F)F. The van der Waals surface area contributed by atoms with Crippen LogP contribution in [-0.4, -0.2) is 46.9 Å². The number of rotatable bonds is 4. The molecule has 1 aliphatic rings. The molecular weight excluding hydrogens is 325 g/mol. The van der Waals surface area contributed by atoms with Crippen molar-refractivity contribution in [1.82, 2.24) is 4.90 Å². The Morgan fingerprint density at radius 2 is 1.70 bits per heavy atom. The molecule has 0 aromatic heterocycles. The summed E-state index contributed by atoms with van der Waals surface area (Å²) in [4.78, 5) is 24.3. The van der Waals surface area contributed by atoms with Crippen LogP contribution in [0.4, 0.5) is 22.0 Å². The van der Waals surface area contributed by atoms with E-state index in [9.17, 15) is 31.5 Å². The second-order valence-corrected chi connectivity index (χ2v) is 6.18. The molecule has 1 atom stereocenters. The van der Waals surface area contributed by atoms with E-state index in [2.05, 4.69) is 0 Å². The summed E-state index contributed by atoms with van der Waals surface area (Å²) in [6, 6.07) is -0.808. The Labute approximate surface area is 130 Å². The zero-order chi connectivity index (χ0) is 18.1. The van der Waals surface area contributed by atoms with E-state index in [-0.39, 0.29) is 12.6 Å². The highest BCUT2D eigenvalue weighted by Gasteiger charge is 2.62. The molecule has 1 heterocycles. The van der Waals surface area contributed by atoms with Gasteiger partial charge in [-0.2, -0.15) is 22.0 Å². The van der Waals surface area contributed by atoms with Crippen molar-refractivity contribution in [1.29, 1.82) is 0 Å². The maximum atomic E-state index is 12.8. The van der Waals surface area contributed by atoms with Crippen molar-refractivity contribution in [2.24, 2.45) is 0 Å². The summed E-state index contributed by atoms with van der Waals surface area (Å²) < 4.78 is 67.1. The van der Waals surface area contributed by atoms with Crippen molar-refractivity contribution in [3.63, 3.8) is 0 Å². The fourth-order valence-electron chi connectivity index (χ4n) is 2.00. The van der Waals surface area contributed by atoms with E-state index in [0.717, 1.165) is 6.20 Å². The molecule has 0 spiro atoms. The Balaban J connectivity index is 2.79. The Bertz CT molecular complexity index is 494. The van der Waals surface area contributed by atoms with Crippen LogP contribution in [0.25, 0.3) is 0 Å². The van der Waals surface area contributed by atoms with Crippen LogP contribution in [0.5, 0.6) is 0 Å². The molecule has 9 heteroatoms. The molecule has 0 radical (unpaired) electrons. The van der Waals surface area contributed by atoms with Crippen molar-refractivity contribution in [3.8, 4) is 0 Å². The smallest absolute Gasteiger partial charge is 0.458 e. The van der Waals surface area contributed by atoms with E-state index in [1.807, 2.05) is 0 Å². The van der Waals surface area contributed by atoms with Gasteiger partial charge in [0, 0.05) is 18.8 Å². The van der Waals surface area contributed by atoms with E-state index in [4.69, 9.17) is 4.74 Å². The lowest BCUT2D eigenvalue weighted by Crippen LogP contribution is -2.43. The van der Waals surface area contributed by atoms with Gasteiger partial charge >= 0.3 is 18.1 Å². The van der Waals surface area contributed by atoms with Crippen molar-refractivity contribution in [2.45, 2.75) is 57.4 Å². The minimum atomic E-state index is -5.95. The number of allylic oxidation sites excluding steroid dienone is 1. The predicted molar refractivity (Wildman–Crippen MR) is 70.7 cm³/mol. The summed E-state index contributed by atoms with van der Waals surface area (Å²) >= 11 is 0. The van der Waals surface area contributed by atoms with Crippen LogP contribution < -0.4 is 0 Å². The Morgan fingerprint density at radius 1 is 1.13 bits per heavy atom. The van der Waals surface area contributed by atoms with Crippen LogP contribution in [0.15, 0.2) is 12.3 Å². The van der Waals surface area contributed by atoms with Crippen molar-refractivity contribution in [3.05, 3.63) is 12.3 Å². The van der Waals surface area contributed by atoms with Gasteiger partial charge in [0.25, 0.3) is 0 Å². The maximum Gasteiger partial charge on any atom is 0.461 e. The van der Waals surface area contributed by atoms with Crippen LogP contribution in [-0.2, 0) is 14.3 Å². The zero-order valence-corrected chi connectivity index (χ0v) is 12.9. The summed E-state index contributed by atoms with van der Waals surface area (Å²) in [5.41, 5.74) is -0.756. The monoisotopic (exact) mass is 343 g/mol. The number of hydrogen-bond acceptors (Lipinski definition) is 4. The number of hydrogen-bond donors (Lipinski definition) is 0. The van der Waals surface area contributed by atoms with E-state index < -0.39 is 35.5 Å². The first kappa shape index (κ1) is 19.4. The fourth-order valence-corrected chi connectivity index (χ4v) is 2.00. The molecule has 0 N–H and O–H groups in total. The van der Waals surface area contributed by atoms with Crippen LogP contribution in [0.1, 0.15) is 33.6 Å². The molecule has 1 aliphatic heterocycles. The second kappa shape index (κ2) is 6.45. The average Bonchev–Trinajstić information content (AvgIpc) is 2.80. The molecule has 132 valence electrons. The molecule has 0 aliphatic carbocycles. The van der Waals surface area contributed by atoms with Gasteiger partial charge in [-0.3, -0.25) is 4.79 Å². The maximum absolute atomic E-state index is 12.8. The quantitative estimate of drug-likeness (QED) is 0.447. The van der Waals surface area contributed by atoms with Gasteiger partial charge in [-0.05, 0) is 33.6 Å². The number of ether oxygens (including phenoxy) is 1. The second-order valence-electron chi connectivity index (χ2n) is 6.18. The Kier molecular flexibility index (Phi) is 5.43. The lowest BCUT2D eigenvalue weighted by Gasteiger charge is -2.26. The number of likely N-dealkylation sites (tertiary alicyclic amines) is 1. The number of alkyl halides is 5. The van der Waals surface area contributed by atoms with Gasteiger partial charge in [-0.15, -0.1) is 0 Å². The molecule has 0 aromatic rings. The Hall–Kier alpha value is -1.67. The molecular formula is C14H18F5NO3. The number of carbonyl (C=O) groups is 2. The summed E-state index contributed by atoms with van der Waals surface area (Å²) in [6.07, 6.45) is -4.12. The number of ketones is 1. The predicted octanol–water partition coefficient (Wildman–Crippen LogP) is 3.07.